The molecule has 0 radical (unpaired) electrons. The molecule has 2 fully saturated rings. The van der Waals surface area contributed by atoms with E-state index in [1.165, 1.54) is 19.4 Å². The Balaban J connectivity index is 1.65. The van der Waals surface area contributed by atoms with Crippen LogP contribution in [0, 0.1) is 11.3 Å². The monoisotopic (exact) mass is 271 g/mol. The zero-order chi connectivity index (χ0) is 13.7. The third-order valence-corrected chi connectivity index (χ3v) is 5.38. The third kappa shape index (κ3) is 1.66. The van der Waals surface area contributed by atoms with Crippen LogP contribution in [0.3, 0.4) is 0 Å². The van der Waals surface area contributed by atoms with Crippen molar-refractivity contribution in [1.82, 2.24) is 20.3 Å². The number of rotatable bonds is 2. The van der Waals surface area contributed by atoms with E-state index in [2.05, 4.69) is 45.2 Å². The molecular weight excluding hydrogens is 250 g/mol. The van der Waals surface area contributed by atoms with Gasteiger partial charge in [0.1, 0.15) is 17.8 Å². The minimum absolute atomic E-state index is 0.462. The molecule has 1 aliphatic heterocycles. The fourth-order valence-electron chi connectivity index (χ4n) is 4.09. The lowest BCUT2D eigenvalue weighted by molar-refractivity contribution is 0.304. The largest absolute Gasteiger partial charge is 0.356 e. The Kier molecular flexibility index (Phi) is 2.54. The number of aromatic nitrogens is 3. The quantitative estimate of drug-likeness (QED) is 0.874. The minimum atomic E-state index is 0.462. The molecule has 2 aliphatic rings. The average molecular weight is 271 g/mol. The van der Waals surface area contributed by atoms with E-state index in [1.54, 1.807) is 6.33 Å². The van der Waals surface area contributed by atoms with Crippen molar-refractivity contribution in [2.45, 2.75) is 25.8 Å². The molecule has 0 spiro atoms. The van der Waals surface area contributed by atoms with Crippen molar-refractivity contribution in [3.05, 3.63) is 18.6 Å². The van der Waals surface area contributed by atoms with Crippen LogP contribution in [0.5, 0.6) is 0 Å². The van der Waals surface area contributed by atoms with E-state index in [1.807, 2.05) is 6.20 Å². The van der Waals surface area contributed by atoms with Crippen LogP contribution in [0.2, 0.25) is 0 Å². The second-order valence-electron chi connectivity index (χ2n) is 6.62. The van der Waals surface area contributed by atoms with Gasteiger partial charge in [0.15, 0.2) is 0 Å². The number of aromatic amines is 1. The van der Waals surface area contributed by atoms with Crippen LogP contribution in [-0.2, 0) is 0 Å². The van der Waals surface area contributed by atoms with Gasteiger partial charge in [-0.25, -0.2) is 9.97 Å². The number of nitrogens with zero attached hydrogens (tertiary/aromatic N) is 3. The minimum Gasteiger partial charge on any atom is -0.356 e. The molecular formula is C15H21N5. The molecule has 0 aromatic carbocycles. The van der Waals surface area contributed by atoms with Crippen molar-refractivity contribution < 1.29 is 0 Å². The van der Waals surface area contributed by atoms with Gasteiger partial charge in [0.2, 0.25) is 0 Å². The first-order valence-electron chi connectivity index (χ1n) is 7.39. The first kappa shape index (κ1) is 12.1. The van der Waals surface area contributed by atoms with Crippen molar-refractivity contribution in [1.29, 1.82) is 0 Å². The first-order chi connectivity index (χ1) is 9.67. The van der Waals surface area contributed by atoms with Crippen LogP contribution in [0.1, 0.15) is 19.8 Å². The molecule has 5 nitrogen and oxygen atoms in total. The third-order valence-electron chi connectivity index (χ3n) is 5.38. The average Bonchev–Trinajstić information content (AvgIpc) is 3.09. The van der Waals surface area contributed by atoms with Crippen molar-refractivity contribution >= 4 is 16.9 Å². The summed E-state index contributed by atoms with van der Waals surface area (Å²) in [6, 6.07) is 2.65. The molecule has 3 heterocycles. The van der Waals surface area contributed by atoms with E-state index < -0.39 is 0 Å². The Hall–Kier alpha value is -1.62. The highest BCUT2D eigenvalue weighted by Crippen LogP contribution is 2.47. The summed E-state index contributed by atoms with van der Waals surface area (Å²) >= 11 is 0. The summed E-state index contributed by atoms with van der Waals surface area (Å²) in [6.07, 6.45) is 6.10. The maximum atomic E-state index is 4.52. The summed E-state index contributed by atoms with van der Waals surface area (Å²) in [5.74, 6) is 1.86. The van der Waals surface area contributed by atoms with Crippen LogP contribution >= 0.6 is 0 Å². The zero-order valence-electron chi connectivity index (χ0n) is 12.1. The van der Waals surface area contributed by atoms with Crippen molar-refractivity contribution in [2.24, 2.45) is 11.3 Å². The second-order valence-corrected chi connectivity index (χ2v) is 6.62. The summed E-state index contributed by atoms with van der Waals surface area (Å²) in [5.41, 5.74) is 1.39. The maximum Gasteiger partial charge on any atom is 0.142 e. The lowest BCUT2D eigenvalue weighted by atomic mass is 9.83. The molecule has 2 N–H and O–H groups in total. The van der Waals surface area contributed by atoms with E-state index >= 15 is 0 Å². The number of hydrogen-bond acceptors (Lipinski definition) is 4. The molecule has 106 valence electrons. The fourth-order valence-corrected chi connectivity index (χ4v) is 4.09. The topological polar surface area (TPSA) is 56.8 Å². The van der Waals surface area contributed by atoms with Gasteiger partial charge in [0.25, 0.3) is 0 Å². The van der Waals surface area contributed by atoms with E-state index in [0.717, 1.165) is 29.3 Å². The summed E-state index contributed by atoms with van der Waals surface area (Å²) in [5, 5.41) is 4.66. The molecule has 0 amide bonds. The van der Waals surface area contributed by atoms with Gasteiger partial charge in [-0.05, 0) is 36.8 Å². The van der Waals surface area contributed by atoms with Crippen LogP contribution < -0.4 is 10.2 Å². The highest BCUT2D eigenvalue weighted by molar-refractivity contribution is 5.87. The Morgan fingerprint density at radius 1 is 1.40 bits per heavy atom. The fraction of sp³-hybridized carbons (Fsp3) is 0.600. The summed E-state index contributed by atoms with van der Waals surface area (Å²) in [7, 11) is 2.18. The van der Waals surface area contributed by atoms with Gasteiger partial charge < -0.3 is 15.2 Å². The van der Waals surface area contributed by atoms with Crippen molar-refractivity contribution in [3.63, 3.8) is 0 Å². The summed E-state index contributed by atoms with van der Waals surface area (Å²) < 4.78 is 0. The van der Waals surface area contributed by atoms with Crippen LogP contribution in [-0.4, -0.2) is 41.1 Å². The van der Waals surface area contributed by atoms with Gasteiger partial charge in [-0.15, -0.1) is 0 Å². The normalized spacial score (nSPS) is 32.7. The molecule has 3 atom stereocenters. The van der Waals surface area contributed by atoms with Gasteiger partial charge in [0.05, 0.1) is 5.39 Å². The Morgan fingerprint density at radius 2 is 2.30 bits per heavy atom. The van der Waals surface area contributed by atoms with Crippen LogP contribution in [0.4, 0.5) is 5.82 Å². The molecule has 0 unspecified atom stereocenters. The number of fused-ring (bicyclic) bond motifs is 2. The number of H-pyrrole nitrogens is 1. The van der Waals surface area contributed by atoms with E-state index in [-0.39, 0.29) is 0 Å². The molecule has 0 bridgehead atoms. The predicted molar refractivity (Wildman–Crippen MR) is 79.8 cm³/mol. The highest BCUT2D eigenvalue weighted by Gasteiger charge is 2.48. The smallest absolute Gasteiger partial charge is 0.142 e. The van der Waals surface area contributed by atoms with Gasteiger partial charge in [-0.1, -0.05) is 6.92 Å². The Morgan fingerprint density at radius 3 is 3.15 bits per heavy atom. The summed E-state index contributed by atoms with van der Waals surface area (Å²) in [4.78, 5) is 14.3. The van der Waals surface area contributed by atoms with E-state index in [4.69, 9.17) is 0 Å². The number of nitrogens with one attached hydrogen (secondary N) is 2. The maximum absolute atomic E-state index is 4.52. The van der Waals surface area contributed by atoms with Gasteiger partial charge >= 0.3 is 0 Å². The lowest BCUT2D eigenvalue weighted by Crippen LogP contribution is -2.33. The molecule has 2 aromatic heterocycles. The predicted octanol–water partition coefficient (Wildman–Crippen LogP) is 1.78. The SMILES string of the molecule is CN(c1ncnc2[nH]ccc12)[C@H]1C[C@@H]2CNC[C@]2(C)C1. The zero-order valence-corrected chi connectivity index (χ0v) is 12.1. The molecule has 20 heavy (non-hydrogen) atoms. The molecule has 1 saturated carbocycles. The number of hydrogen-bond donors (Lipinski definition) is 2. The van der Waals surface area contributed by atoms with Gasteiger partial charge in [-0.2, -0.15) is 0 Å². The van der Waals surface area contributed by atoms with Crippen LogP contribution in [0.15, 0.2) is 18.6 Å². The second kappa shape index (κ2) is 4.19. The van der Waals surface area contributed by atoms with Gasteiger partial charge in [-0.3, -0.25) is 0 Å². The molecule has 5 heteroatoms. The van der Waals surface area contributed by atoms with Crippen molar-refractivity contribution in [3.8, 4) is 0 Å². The molecule has 1 saturated heterocycles. The Labute approximate surface area is 118 Å². The lowest BCUT2D eigenvalue weighted by Gasteiger charge is -2.28. The van der Waals surface area contributed by atoms with Crippen molar-refractivity contribution in [2.75, 3.05) is 25.0 Å². The molecule has 1 aliphatic carbocycles. The molecule has 4 rings (SSSR count). The molecule has 2 aromatic rings. The number of anilines is 1. The highest BCUT2D eigenvalue weighted by atomic mass is 15.2. The van der Waals surface area contributed by atoms with E-state index in [0.29, 0.717) is 11.5 Å². The van der Waals surface area contributed by atoms with Gasteiger partial charge in [0, 0.05) is 25.8 Å². The van der Waals surface area contributed by atoms with E-state index in [9.17, 15) is 0 Å². The summed E-state index contributed by atoms with van der Waals surface area (Å²) in [6.45, 7) is 4.76. The standard InChI is InChI=1S/C15H21N5/c1-15-6-11(5-10(15)7-16-8-15)20(2)14-12-3-4-17-13(12)18-9-19-14/h3-4,9-11,16H,5-8H2,1-2H3,(H,17,18,19)/t10-,11+,15+/m1/s1. The Bertz CT molecular complexity index is 636. The van der Waals surface area contributed by atoms with Crippen LogP contribution in [0.25, 0.3) is 11.0 Å². The first-order valence-corrected chi connectivity index (χ1v) is 7.39.